The Bertz CT molecular complexity index is 950. The standard InChI is InChI=1S/C23H24BrN3O3/c24-19-10-12-21(30-16-17-6-2-1-3-7-17)18(14-19)15-25-22-13-11-20(26-27-22)8-4-5-9-23(28)29/h1-3,6-7,10-14H,4-5,8-9,15-16H2,(H,25,27)(H,28,29). The van der Waals surface area contributed by atoms with E-state index in [-0.39, 0.29) is 6.42 Å². The van der Waals surface area contributed by atoms with Crippen LogP contribution in [0.2, 0.25) is 0 Å². The molecule has 0 saturated carbocycles. The van der Waals surface area contributed by atoms with Crippen LogP contribution < -0.4 is 10.1 Å². The van der Waals surface area contributed by atoms with Gasteiger partial charge < -0.3 is 15.2 Å². The second-order valence-electron chi connectivity index (χ2n) is 6.89. The van der Waals surface area contributed by atoms with E-state index in [9.17, 15) is 4.79 Å². The highest BCUT2D eigenvalue weighted by Crippen LogP contribution is 2.25. The van der Waals surface area contributed by atoms with Gasteiger partial charge in [-0.3, -0.25) is 4.79 Å². The van der Waals surface area contributed by atoms with E-state index in [4.69, 9.17) is 9.84 Å². The molecule has 2 aromatic carbocycles. The fourth-order valence-electron chi connectivity index (χ4n) is 2.92. The molecule has 0 unspecified atom stereocenters. The number of rotatable bonds is 11. The number of carboxylic acid groups (broad SMARTS) is 1. The molecule has 2 N–H and O–H groups in total. The van der Waals surface area contributed by atoms with Gasteiger partial charge in [0.1, 0.15) is 18.2 Å². The van der Waals surface area contributed by atoms with E-state index < -0.39 is 5.97 Å². The average molecular weight is 470 g/mol. The van der Waals surface area contributed by atoms with Gasteiger partial charge in [0.15, 0.2) is 0 Å². The molecule has 0 bridgehead atoms. The second-order valence-corrected chi connectivity index (χ2v) is 7.81. The maximum atomic E-state index is 10.6. The lowest BCUT2D eigenvalue weighted by molar-refractivity contribution is -0.137. The Balaban J connectivity index is 1.54. The van der Waals surface area contributed by atoms with Crippen LogP contribution in [0.3, 0.4) is 0 Å². The molecule has 3 aromatic rings. The number of nitrogens with zero attached hydrogens (tertiary/aromatic N) is 2. The van der Waals surface area contributed by atoms with Crippen molar-refractivity contribution >= 4 is 27.7 Å². The predicted octanol–water partition coefficient (Wildman–Crippen LogP) is 5.23. The molecule has 3 rings (SSSR count). The number of aliphatic carboxylic acids is 1. The maximum Gasteiger partial charge on any atom is 0.303 e. The first-order valence-corrected chi connectivity index (χ1v) is 10.6. The third kappa shape index (κ3) is 7.15. The molecule has 0 aliphatic rings. The molecule has 0 atom stereocenters. The minimum atomic E-state index is -0.764. The third-order valence-electron chi connectivity index (χ3n) is 4.51. The Morgan fingerprint density at radius 3 is 2.60 bits per heavy atom. The van der Waals surface area contributed by atoms with Gasteiger partial charge >= 0.3 is 5.97 Å². The topological polar surface area (TPSA) is 84.3 Å². The van der Waals surface area contributed by atoms with E-state index in [0.717, 1.165) is 39.9 Å². The molecule has 0 aliphatic carbocycles. The Labute approximate surface area is 184 Å². The number of aryl methyl sites for hydroxylation is 1. The summed E-state index contributed by atoms with van der Waals surface area (Å²) in [5, 5.41) is 20.4. The van der Waals surface area contributed by atoms with Gasteiger partial charge in [0, 0.05) is 23.0 Å². The lowest BCUT2D eigenvalue weighted by atomic mass is 10.1. The lowest BCUT2D eigenvalue weighted by Crippen LogP contribution is -2.06. The van der Waals surface area contributed by atoms with E-state index in [1.54, 1.807) is 0 Å². The number of hydrogen-bond donors (Lipinski definition) is 2. The summed E-state index contributed by atoms with van der Waals surface area (Å²) in [5.41, 5.74) is 2.99. The number of benzene rings is 2. The first-order valence-electron chi connectivity index (χ1n) is 9.83. The van der Waals surface area contributed by atoms with Crippen molar-refractivity contribution in [2.75, 3.05) is 5.32 Å². The molecule has 0 spiro atoms. The number of nitrogens with one attached hydrogen (secondary N) is 1. The highest BCUT2D eigenvalue weighted by atomic mass is 79.9. The Morgan fingerprint density at radius 1 is 1.03 bits per heavy atom. The van der Waals surface area contributed by atoms with Crippen LogP contribution in [0.5, 0.6) is 5.75 Å². The first-order chi connectivity index (χ1) is 14.6. The van der Waals surface area contributed by atoms with Crippen LogP contribution >= 0.6 is 15.9 Å². The van der Waals surface area contributed by atoms with Gasteiger partial charge in [-0.2, -0.15) is 5.10 Å². The van der Waals surface area contributed by atoms with E-state index in [0.29, 0.717) is 25.4 Å². The van der Waals surface area contributed by atoms with Gasteiger partial charge in [0.2, 0.25) is 0 Å². The minimum absolute atomic E-state index is 0.189. The van der Waals surface area contributed by atoms with Crippen LogP contribution in [-0.2, 0) is 24.4 Å². The van der Waals surface area contributed by atoms with Crippen molar-refractivity contribution in [3.05, 3.63) is 82.0 Å². The fourth-order valence-corrected chi connectivity index (χ4v) is 3.33. The zero-order valence-electron chi connectivity index (χ0n) is 16.6. The zero-order chi connectivity index (χ0) is 21.2. The van der Waals surface area contributed by atoms with Crippen LogP contribution in [0.4, 0.5) is 5.82 Å². The predicted molar refractivity (Wildman–Crippen MR) is 119 cm³/mol. The van der Waals surface area contributed by atoms with E-state index >= 15 is 0 Å². The van der Waals surface area contributed by atoms with Crippen molar-refractivity contribution in [3.8, 4) is 5.75 Å². The van der Waals surface area contributed by atoms with E-state index in [1.807, 2.05) is 60.7 Å². The van der Waals surface area contributed by atoms with Crippen LogP contribution in [0.1, 0.15) is 36.1 Å². The number of aromatic nitrogens is 2. The molecule has 0 aliphatic heterocycles. The van der Waals surface area contributed by atoms with Gasteiger partial charge in [0.05, 0.1) is 5.69 Å². The smallest absolute Gasteiger partial charge is 0.303 e. The Hall–Kier alpha value is -2.93. The number of unbranched alkanes of at least 4 members (excludes halogenated alkanes) is 1. The normalized spacial score (nSPS) is 10.6. The van der Waals surface area contributed by atoms with E-state index in [2.05, 4.69) is 31.4 Å². The summed E-state index contributed by atoms with van der Waals surface area (Å²) in [7, 11) is 0. The number of carbonyl (C=O) groups is 1. The van der Waals surface area contributed by atoms with E-state index in [1.165, 1.54) is 0 Å². The first kappa shape index (κ1) is 21.8. The molecule has 1 heterocycles. The lowest BCUT2D eigenvalue weighted by Gasteiger charge is -2.13. The molecular formula is C23H24BrN3O3. The molecule has 0 radical (unpaired) electrons. The molecule has 1 aromatic heterocycles. The number of anilines is 1. The summed E-state index contributed by atoms with van der Waals surface area (Å²) in [6, 6.07) is 19.8. The quantitative estimate of drug-likeness (QED) is 0.374. The molecular weight excluding hydrogens is 446 g/mol. The minimum Gasteiger partial charge on any atom is -0.489 e. The summed E-state index contributed by atoms with van der Waals surface area (Å²) in [6.45, 7) is 1.06. The van der Waals surface area contributed by atoms with Gasteiger partial charge in [-0.05, 0) is 55.2 Å². The number of carboxylic acids is 1. The van der Waals surface area contributed by atoms with Crippen molar-refractivity contribution < 1.29 is 14.6 Å². The van der Waals surface area contributed by atoms with Crippen LogP contribution in [0.25, 0.3) is 0 Å². The molecule has 6 nitrogen and oxygen atoms in total. The van der Waals surface area contributed by atoms with Crippen molar-refractivity contribution in [2.24, 2.45) is 0 Å². The van der Waals surface area contributed by atoms with Crippen LogP contribution in [0.15, 0.2) is 65.1 Å². The highest BCUT2D eigenvalue weighted by molar-refractivity contribution is 9.10. The second kappa shape index (κ2) is 11.3. The molecule has 0 saturated heterocycles. The average Bonchev–Trinajstić information content (AvgIpc) is 2.76. The van der Waals surface area contributed by atoms with Gasteiger partial charge in [-0.25, -0.2) is 0 Å². The van der Waals surface area contributed by atoms with Crippen molar-refractivity contribution in [1.29, 1.82) is 0 Å². The van der Waals surface area contributed by atoms with Gasteiger partial charge in [-0.1, -0.05) is 46.3 Å². The molecule has 0 amide bonds. The summed E-state index contributed by atoms with van der Waals surface area (Å²) in [6.07, 6.45) is 2.34. The number of halogens is 1. The monoisotopic (exact) mass is 469 g/mol. The molecule has 0 fully saturated rings. The van der Waals surface area contributed by atoms with Gasteiger partial charge in [0.25, 0.3) is 0 Å². The van der Waals surface area contributed by atoms with Crippen LogP contribution in [-0.4, -0.2) is 21.3 Å². The zero-order valence-corrected chi connectivity index (χ0v) is 18.1. The molecule has 30 heavy (non-hydrogen) atoms. The highest BCUT2D eigenvalue weighted by Gasteiger charge is 2.07. The number of hydrogen-bond acceptors (Lipinski definition) is 5. The summed E-state index contributed by atoms with van der Waals surface area (Å²) in [5.74, 6) is 0.733. The summed E-state index contributed by atoms with van der Waals surface area (Å²) in [4.78, 5) is 10.6. The molecule has 156 valence electrons. The third-order valence-corrected chi connectivity index (χ3v) is 5.01. The molecule has 7 heteroatoms. The Morgan fingerprint density at radius 2 is 1.87 bits per heavy atom. The van der Waals surface area contributed by atoms with Crippen molar-refractivity contribution in [1.82, 2.24) is 10.2 Å². The van der Waals surface area contributed by atoms with Crippen molar-refractivity contribution in [2.45, 2.75) is 38.8 Å². The van der Waals surface area contributed by atoms with Gasteiger partial charge in [-0.15, -0.1) is 5.10 Å². The van der Waals surface area contributed by atoms with Crippen LogP contribution in [0, 0.1) is 0 Å². The maximum absolute atomic E-state index is 10.6. The van der Waals surface area contributed by atoms with Crippen molar-refractivity contribution in [3.63, 3.8) is 0 Å². The Kier molecular flexibility index (Phi) is 8.20. The SMILES string of the molecule is O=C(O)CCCCc1ccc(NCc2cc(Br)ccc2OCc2ccccc2)nn1. The summed E-state index contributed by atoms with van der Waals surface area (Å²) >= 11 is 3.52. The number of ether oxygens (including phenoxy) is 1. The largest absolute Gasteiger partial charge is 0.489 e. The summed E-state index contributed by atoms with van der Waals surface area (Å²) < 4.78 is 7.00. The fraction of sp³-hybridized carbons (Fsp3) is 0.261.